The Labute approximate surface area is 99.8 Å². The van der Waals surface area contributed by atoms with Gasteiger partial charge in [0.1, 0.15) is 5.78 Å². The molecule has 1 rings (SSSR count). The van der Waals surface area contributed by atoms with Gasteiger partial charge in [-0.15, -0.1) is 0 Å². The van der Waals surface area contributed by atoms with Crippen molar-refractivity contribution in [2.75, 3.05) is 33.7 Å². The molecule has 94 valence electrons. The molecular weight excluding hydrogens is 200 g/mol. The zero-order valence-electron chi connectivity index (χ0n) is 11.4. The predicted molar refractivity (Wildman–Crippen MR) is 67.6 cm³/mol. The molecule has 0 spiro atoms. The number of hydrogen-bond donors (Lipinski definition) is 0. The van der Waals surface area contributed by atoms with Crippen LogP contribution in [0.2, 0.25) is 0 Å². The van der Waals surface area contributed by atoms with Gasteiger partial charge in [0.2, 0.25) is 0 Å². The van der Waals surface area contributed by atoms with Crippen LogP contribution in [-0.2, 0) is 4.79 Å². The van der Waals surface area contributed by atoms with Gasteiger partial charge < -0.3 is 9.80 Å². The summed E-state index contributed by atoms with van der Waals surface area (Å²) in [6, 6.07) is 0.609. The maximum Gasteiger partial charge on any atom is 0.136 e. The molecule has 1 fully saturated rings. The molecular formula is C13H26N2O. The van der Waals surface area contributed by atoms with Gasteiger partial charge in [-0.3, -0.25) is 4.79 Å². The Morgan fingerprint density at radius 1 is 1.50 bits per heavy atom. The molecule has 0 radical (unpaired) electrons. The van der Waals surface area contributed by atoms with Gasteiger partial charge in [-0.25, -0.2) is 0 Å². The Balaban J connectivity index is 2.51. The summed E-state index contributed by atoms with van der Waals surface area (Å²) in [4.78, 5) is 16.2. The summed E-state index contributed by atoms with van der Waals surface area (Å²) in [5.74, 6) is 0.281. The number of rotatable bonds is 4. The number of likely N-dealkylation sites (tertiary alicyclic amines) is 1. The van der Waals surface area contributed by atoms with E-state index in [-0.39, 0.29) is 11.2 Å². The average molecular weight is 226 g/mol. The van der Waals surface area contributed by atoms with E-state index in [1.165, 1.54) is 19.4 Å². The number of nitrogens with zero attached hydrogens (tertiary/aromatic N) is 2. The summed E-state index contributed by atoms with van der Waals surface area (Å²) < 4.78 is 0. The predicted octanol–water partition coefficient (Wildman–Crippen LogP) is 1.63. The molecule has 1 aliphatic rings. The molecule has 0 aromatic heterocycles. The van der Waals surface area contributed by atoms with Crippen LogP contribution in [0.15, 0.2) is 0 Å². The first-order chi connectivity index (χ1) is 7.33. The Morgan fingerprint density at radius 3 is 2.62 bits per heavy atom. The van der Waals surface area contributed by atoms with Gasteiger partial charge in [-0.05, 0) is 40.4 Å². The van der Waals surface area contributed by atoms with E-state index in [1.54, 1.807) is 6.92 Å². The first-order valence-corrected chi connectivity index (χ1v) is 6.23. The average Bonchev–Trinajstić information content (AvgIpc) is 2.16. The van der Waals surface area contributed by atoms with Gasteiger partial charge in [-0.2, -0.15) is 0 Å². The molecule has 0 N–H and O–H groups in total. The highest BCUT2D eigenvalue weighted by Crippen LogP contribution is 2.21. The minimum absolute atomic E-state index is 0.217. The van der Waals surface area contributed by atoms with E-state index in [9.17, 15) is 4.79 Å². The fourth-order valence-corrected chi connectivity index (χ4v) is 2.36. The number of carbonyl (C=O) groups is 1. The van der Waals surface area contributed by atoms with Crippen molar-refractivity contribution in [2.24, 2.45) is 5.41 Å². The molecule has 1 saturated heterocycles. The molecule has 1 atom stereocenters. The first kappa shape index (κ1) is 13.7. The Bertz CT molecular complexity index is 250. The van der Waals surface area contributed by atoms with E-state index in [4.69, 9.17) is 0 Å². The quantitative estimate of drug-likeness (QED) is 0.728. The molecule has 0 aliphatic carbocycles. The maximum atomic E-state index is 11.5. The van der Waals surface area contributed by atoms with Gasteiger partial charge >= 0.3 is 0 Å². The van der Waals surface area contributed by atoms with Crippen molar-refractivity contribution in [3.05, 3.63) is 0 Å². The lowest BCUT2D eigenvalue weighted by Gasteiger charge is -2.38. The van der Waals surface area contributed by atoms with Crippen molar-refractivity contribution >= 4 is 5.78 Å². The van der Waals surface area contributed by atoms with Crippen molar-refractivity contribution < 1.29 is 4.79 Å². The first-order valence-electron chi connectivity index (χ1n) is 6.23. The number of piperidine rings is 1. The van der Waals surface area contributed by atoms with Crippen LogP contribution < -0.4 is 0 Å². The van der Waals surface area contributed by atoms with E-state index in [0.29, 0.717) is 6.04 Å². The van der Waals surface area contributed by atoms with Crippen LogP contribution in [-0.4, -0.2) is 55.4 Å². The third kappa shape index (κ3) is 3.56. The molecule has 0 saturated carbocycles. The van der Waals surface area contributed by atoms with E-state index in [1.807, 2.05) is 13.8 Å². The largest absolute Gasteiger partial charge is 0.305 e. The van der Waals surface area contributed by atoms with Crippen LogP contribution in [0.1, 0.15) is 33.6 Å². The number of Topliss-reactive ketones (excluding diaryl/α,β-unsaturated/α-hetero) is 1. The maximum absolute atomic E-state index is 11.5. The van der Waals surface area contributed by atoms with Gasteiger partial charge in [0.05, 0.1) is 0 Å². The van der Waals surface area contributed by atoms with Gasteiger partial charge in [0, 0.05) is 24.5 Å². The SMILES string of the molecule is CC(=O)C(C)(C)CN(C)C1CCCN(C)C1. The number of hydrogen-bond acceptors (Lipinski definition) is 3. The van der Waals surface area contributed by atoms with Crippen LogP contribution in [0.25, 0.3) is 0 Å². The Kier molecular flexibility index (Phi) is 4.51. The van der Waals surface area contributed by atoms with Crippen LogP contribution in [0.3, 0.4) is 0 Å². The van der Waals surface area contributed by atoms with Crippen molar-refractivity contribution in [1.82, 2.24) is 9.80 Å². The monoisotopic (exact) mass is 226 g/mol. The zero-order chi connectivity index (χ0) is 12.3. The molecule has 1 aliphatic heterocycles. The Hall–Kier alpha value is -0.410. The molecule has 16 heavy (non-hydrogen) atoms. The Morgan fingerprint density at radius 2 is 2.12 bits per heavy atom. The fraction of sp³-hybridized carbons (Fsp3) is 0.923. The van der Waals surface area contributed by atoms with Crippen molar-refractivity contribution in [1.29, 1.82) is 0 Å². The lowest BCUT2D eigenvalue weighted by atomic mass is 9.87. The van der Waals surface area contributed by atoms with Crippen LogP contribution in [0.4, 0.5) is 0 Å². The van der Waals surface area contributed by atoms with Crippen molar-refractivity contribution in [2.45, 2.75) is 39.7 Å². The second kappa shape index (κ2) is 5.28. The molecule has 0 amide bonds. The molecule has 1 unspecified atom stereocenters. The minimum atomic E-state index is -0.217. The molecule has 0 aromatic carbocycles. The summed E-state index contributed by atoms with van der Waals surface area (Å²) >= 11 is 0. The smallest absolute Gasteiger partial charge is 0.136 e. The second-order valence-electron chi connectivity index (χ2n) is 5.91. The highest BCUT2D eigenvalue weighted by atomic mass is 16.1. The summed E-state index contributed by atoms with van der Waals surface area (Å²) in [5, 5.41) is 0. The normalized spacial score (nSPS) is 23.8. The van der Waals surface area contributed by atoms with E-state index in [0.717, 1.165) is 13.1 Å². The number of likely N-dealkylation sites (N-methyl/N-ethyl adjacent to an activating group) is 2. The molecule has 1 heterocycles. The van der Waals surface area contributed by atoms with E-state index in [2.05, 4.69) is 23.9 Å². The summed E-state index contributed by atoms with van der Waals surface area (Å²) in [5.41, 5.74) is -0.217. The topological polar surface area (TPSA) is 23.6 Å². The van der Waals surface area contributed by atoms with Crippen molar-refractivity contribution in [3.63, 3.8) is 0 Å². The summed E-state index contributed by atoms with van der Waals surface area (Å²) in [7, 11) is 4.32. The van der Waals surface area contributed by atoms with E-state index < -0.39 is 0 Å². The van der Waals surface area contributed by atoms with Crippen LogP contribution in [0, 0.1) is 5.41 Å². The minimum Gasteiger partial charge on any atom is -0.305 e. The molecule has 0 aromatic rings. The standard InChI is InChI=1S/C13H26N2O/c1-11(16)13(2,3)10-15(5)12-7-6-8-14(4)9-12/h12H,6-10H2,1-5H3. The van der Waals surface area contributed by atoms with Gasteiger partial charge in [-0.1, -0.05) is 13.8 Å². The second-order valence-corrected chi connectivity index (χ2v) is 5.91. The molecule has 0 bridgehead atoms. The van der Waals surface area contributed by atoms with E-state index >= 15 is 0 Å². The van der Waals surface area contributed by atoms with Gasteiger partial charge in [0.25, 0.3) is 0 Å². The number of ketones is 1. The third-order valence-electron chi connectivity index (χ3n) is 3.82. The molecule has 3 heteroatoms. The van der Waals surface area contributed by atoms with Crippen molar-refractivity contribution in [3.8, 4) is 0 Å². The lowest BCUT2D eigenvalue weighted by Crippen LogP contribution is -2.48. The third-order valence-corrected chi connectivity index (χ3v) is 3.82. The summed E-state index contributed by atoms with van der Waals surface area (Å²) in [6.07, 6.45) is 2.53. The summed E-state index contributed by atoms with van der Waals surface area (Å²) in [6.45, 7) is 8.98. The highest BCUT2D eigenvalue weighted by molar-refractivity contribution is 5.81. The molecule has 3 nitrogen and oxygen atoms in total. The van der Waals surface area contributed by atoms with Crippen LogP contribution in [0.5, 0.6) is 0 Å². The number of carbonyl (C=O) groups excluding carboxylic acids is 1. The van der Waals surface area contributed by atoms with Gasteiger partial charge in [0.15, 0.2) is 0 Å². The highest BCUT2D eigenvalue weighted by Gasteiger charge is 2.29. The lowest BCUT2D eigenvalue weighted by molar-refractivity contribution is -0.126. The fourth-order valence-electron chi connectivity index (χ4n) is 2.36. The zero-order valence-corrected chi connectivity index (χ0v) is 11.4. The van der Waals surface area contributed by atoms with Crippen LogP contribution >= 0.6 is 0 Å².